The Bertz CT molecular complexity index is 555. The third-order valence-electron chi connectivity index (χ3n) is 2.02. The van der Waals surface area contributed by atoms with Crippen LogP contribution in [0.25, 0.3) is 10.4 Å². The van der Waals surface area contributed by atoms with Gasteiger partial charge in [-0.2, -0.15) is 13.2 Å². The van der Waals surface area contributed by atoms with E-state index in [4.69, 9.17) is 0 Å². The molecule has 0 aliphatic heterocycles. The van der Waals surface area contributed by atoms with Gasteiger partial charge >= 0.3 is 11.0 Å². The summed E-state index contributed by atoms with van der Waals surface area (Å²) < 4.78 is 38.0. The summed E-state index contributed by atoms with van der Waals surface area (Å²) in [4.78, 5) is 13.2. The van der Waals surface area contributed by atoms with Gasteiger partial charge in [-0.1, -0.05) is 29.5 Å². The molecule has 1 heterocycles. The molecule has 1 N–H and O–H groups in total. The highest BCUT2D eigenvalue weighted by atomic mass is 32.1. The summed E-state index contributed by atoms with van der Waals surface area (Å²) in [5.41, 5.74) is -0.705. The van der Waals surface area contributed by atoms with Crippen LogP contribution in [-0.4, -0.2) is 4.98 Å². The van der Waals surface area contributed by atoms with Gasteiger partial charge in [-0.25, -0.2) is 0 Å². The smallest absolute Gasteiger partial charge is 0.319 e. The molecule has 84 valence electrons. The van der Waals surface area contributed by atoms with Gasteiger partial charge in [0.1, 0.15) is 0 Å². The number of alkyl halides is 3. The number of halogens is 3. The molecule has 0 atom stereocenters. The Labute approximate surface area is 92.4 Å². The van der Waals surface area contributed by atoms with E-state index in [1.165, 1.54) is 24.4 Å². The zero-order valence-electron chi connectivity index (χ0n) is 7.84. The third-order valence-corrected chi connectivity index (χ3v) is 2.88. The van der Waals surface area contributed by atoms with Crippen LogP contribution in [0.2, 0.25) is 0 Å². The standard InChI is InChI=1S/C10H6F3NOS/c11-10(12,13)7-4-2-1-3-6(7)8-5-14-9(15)16-8/h1-5H,(H,14,15). The largest absolute Gasteiger partial charge is 0.417 e. The number of aromatic amines is 1. The summed E-state index contributed by atoms with van der Waals surface area (Å²) >= 11 is 0.760. The van der Waals surface area contributed by atoms with E-state index in [9.17, 15) is 18.0 Å². The maximum Gasteiger partial charge on any atom is 0.417 e. The predicted molar refractivity (Wildman–Crippen MR) is 55.4 cm³/mol. The first-order chi connectivity index (χ1) is 7.48. The van der Waals surface area contributed by atoms with Crippen molar-refractivity contribution in [2.24, 2.45) is 0 Å². The van der Waals surface area contributed by atoms with Crippen LogP contribution in [0.4, 0.5) is 13.2 Å². The van der Waals surface area contributed by atoms with Gasteiger partial charge in [-0.15, -0.1) is 0 Å². The molecule has 0 aliphatic rings. The van der Waals surface area contributed by atoms with Gasteiger partial charge < -0.3 is 4.98 Å². The van der Waals surface area contributed by atoms with Gasteiger partial charge in [-0.05, 0) is 6.07 Å². The molecule has 1 aromatic carbocycles. The minimum Gasteiger partial charge on any atom is -0.319 e. The number of nitrogens with one attached hydrogen (secondary N) is 1. The van der Waals surface area contributed by atoms with E-state index >= 15 is 0 Å². The van der Waals surface area contributed by atoms with Gasteiger partial charge in [0.15, 0.2) is 0 Å². The number of hydrogen-bond acceptors (Lipinski definition) is 2. The van der Waals surface area contributed by atoms with E-state index in [1.807, 2.05) is 0 Å². The van der Waals surface area contributed by atoms with Crippen molar-refractivity contribution in [1.29, 1.82) is 0 Å². The molecular weight excluding hydrogens is 239 g/mol. The monoisotopic (exact) mass is 245 g/mol. The van der Waals surface area contributed by atoms with Crippen molar-refractivity contribution >= 4 is 11.3 Å². The van der Waals surface area contributed by atoms with Crippen molar-refractivity contribution in [2.75, 3.05) is 0 Å². The topological polar surface area (TPSA) is 32.9 Å². The van der Waals surface area contributed by atoms with Crippen molar-refractivity contribution < 1.29 is 13.2 Å². The van der Waals surface area contributed by atoms with Crippen LogP contribution in [0, 0.1) is 0 Å². The molecule has 0 spiro atoms. The van der Waals surface area contributed by atoms with Crippen molar-refractivity contribution in [3.05, 3.63) is 45.7 Å². The maximum atomic E-state index is 12.7. The van der Waals surface area contributed by atoms with Crippen LogP contribution in [-0.2, 0) is 6.18 Å². The van der Waals surface area contributed by atoms with Crippen molar-refractivity contribution in [1.82, 2.24) is 4.98 Å². The Balaban J connectivity index is 2.61. The first-order valence-corrected chi connectivity index (χ1v) is 5.15. The number of thiazole rings is 1. The molecule has 0 radical (unpaired) electrons. The number of aromatic nitrogens is 1. The first-order valence-electron chi connectivity index (χ1n) is 4.33. The van der Waals surface area contributed by atoms with E-state index in [0.717, 1.165) is 17.4 Å². The molecular formula is C10H6F3NOS. The summed E-state index contributed by atoms with van der Waals surface area (Å²) in [6.07, 6.45) is -3.12. The second-order valence-corrected chi connectivity index (χ2v) is 4.10. The highest BCUT2D eigenvalue weighted by molar-refractivity contribution is 7.12. The van der Waals surface area contributed by atoms with E-state index < -0.39 is 11.7 Å². The fourth-order valence-electron chi connectivity index (χ4n) is 1.36. The fourth-order valence-corrected chi connectivity index (χ4v) is 2.08. The van der Waals surface area contributed by atoms with Crippen LogP contribution < -0.4 is 4.87 Å². The van der Waals surface area contributed by atoms with Gasteiger partial charge in [0.25, 0.3) is 0 Å². The highest BCUT2D eigenvalue weighted by Crippen LogP contribution is 2.37. The normalized spacial score (nSPS) is 11.7. The third kappa shape index (κ3) is 2.01. The Hall–Kier alpha value is -1.56. The Morgan fingerprint density at radius 1 is 1.19 bits per heavy atom. The number of rotatable bonds is 1. The molecule has 1 aromatic heterocycles. The Kier molecular flexibility index (Phi) is 2.59. The quantitative estimate of drug-likeness (QED) is 0.822. The number of benzene rings is 1. The Morgan fingerprint density at radius 2 is 1.88 bits per heavy atom. The molecule has 0 unspecified atom stereocenters. The molecule has 0 amide bonds. The van der Waals surface area contributed by atoms with Crippen molar-refractivity contribution in [2.45, 2.75) is 6.18 Å². The average molecular weight is 245 g/mol. The number of H-pyrrole nitrogens is 1. The first kappa shape index (κ1) is 10.9. The fraction of sp³-hybridized carbons (Fsp3) is 0.100. The molecule has 0 aliphatic carbocycles. The predicted octanol–water partition coefficient (Wildman–Crippen LogP) is 3.12. The summed E-state index contributed by atoms with van der Waals surface area (Å²) in [5.74, 6) is 0. The molecule has 16 heavy (non-hydrogen) atoms. The average Bonchev–Trinajstić information content (AvgIpc) is 2.64. The lowest BCUT2D eigenvalue weighted by Crippen LogP contribution is -2.06. The Morgan fingerprint density at radius 3 is 2.44 bits per heavy atom. The van der Waals surface area contributed by atoms with Gasteiger partial charge in [0.2, 0.25) is 0 Å². The van der Waals surface area contributed by atoms with Crippen LogP contribution >= 0.6 is 11.3 Å². The lowest BCUT2D eigenvalue weighted by molar-refractivity contribution is -0.137. The van der Waals surface area contributed by atoms with E-state index in [2.05, 4.69) is 4.98 Å². The van der Waals surface area contributed by atoms with Gasteiger partial charge in [0, 0.05) is 11.8 Å². The lowest BCUT2D eigenvalue weighted by atomic mass is 10.1. The molecule has 2 rings (SSSR count). The molecule has 0 fully saturated rings. The molecule has 0 saturated carbocycles. The van der Waals surface area contributed by atoms with Gasteiger partial charge in [-0.3, -0.25) is 4.79 Å². The van der Waals surface area contributed by atoms with E-state index in [1.54, 1.807) is 0 Å². The second kappa shape index (κ2) is 3.79. The minimum absolute atomic E-state index is 0.0263. The summed E-state index contributed by atoms with van der Waals surface area (Å²) in [6, 6.07) is 5.18. The van der Waals surface area contributed by atoms with E-state index in [-0.39, 0.29) is 15.3 Å². The zero-order valence-corrected chi connectivity index (χ0v) is 8.65. The van der Waals surface area contributed by atoms with Crippen LogP contribution in [0.3, 0.4) is 0 Å². The minimum atomic E-state index is -4.41. The van der Waals surface area contributed by atoms with Crippen molar-refractivity contribution in [3.63, 3.8) is 0 Å². The molecule has 0 bridgehead atoms. The summed E-state index contributed by atoms with van der Waals surface area (Å²) in [5, 5.41) is 0. The SMILES string of the molecule is O=c1[nH]cc(-c2ccccc2C(F)(F)F)s1. The summed E-state index contributed by atoms with van der Waals surface area (Å²) in [7, 11) is 0. The molecule has 2 aromatic rings. The van der Waals surface area contributed by atoms with E-state index in [0.29, 0.717) is 0 Å². The maximum absolute atomic E-state index is 12.7. The number of hydrogen-bond donors (Lipinski definition) is 1. The van der Waals surface area contributed by atoms with Gasteiger partial charge in [0.05, 0.1) is 10.4 Å². The molecule has 6 heteroatoms. The van der Waals surface area contributed by atoms with Crippen LogP contribution in [0.1, 0.15) is 5.56 Å². The highest BCUT2D eigenvalue weighted by Gasteiger charge is 2.33. The van der Waals surface area contributed by atoms with Crippen LogP contribution in [0.5, 0.6) is 0 Å². The second-order valence-electron chi connectivity index (χ2n) is 3.09. The molecule has 2 nitrogen and oxygen atoms in total. The summed E-state index contributed by atoms with van der Waals surface area (Å²) in [6.45, 7) is 0. The lowest BCUT2D eigenvalue weighted by Gasteiger charge is -2.10. The zero-order chi connectivity index (χ0) is 11.8. The van der Waals surface area contributed by atoms with Crippen molar-refractivity contribution in [3.8, 4) is 10.4 Å². The molecule has 0 saturated heterocycles. The van der Waals surface area contributed by atoms with Crippen LogP contribution in [0.15, 0.2) is 35.3 Å².